The molecule has 0 aliphatic rings. The smallest absolute Gasteiger partial charge is 0.326 e. The minimum Gasteiger partial charge on any atom is -0.481 e. The van der Waals surface area contributed by atoms with E-state index in [9.17, 15) is 14.4 Å². The lowest BCUT2D eigenvalue weighted by molar-refractivity contribution is -0.145. The van der Waals surface area contributed by atoms with Gasteiger partial charge in [-0.25, -0.2) is 4.79 Å². The number of hydrogen-bond acceptors (Lipinski definition) is 3. The van der Waals surface area contributed by atoms with Gasteiger partial charge in [0.05, 0.1) is 11.4 Å². The van der Waals surface area contributed by atoms with Crippen LogP contribution in [0.1, 0.15) is 16.8 Å². The molecule has 3 N–H and O–H groups in total. The molecule has 1 rings (SSSR count). The predicted octanol–water partition coefficient (Wildman–Crippen LogP) is 1.76. The summed E-state index contributed by atoms with van der Waals surface area (Å²) in [5.74, 6) is -3.44. The van der Waals surface area contributed by atoms with Crippen LogP contribution in [0.25, 0.3) is 0 Å². The van der Waals surface area contributed by atoms with Crippen LogP contribution in [-0.4, -0.2) is 34.1 Å². The van der Waals surface area contributed by atoms with Crippen LogP contribution in [0.3, 0.4) is 0 Å². The van der Waals surface area contributed by atoms with Crippen molar-refractivity contribution in [1.82, 2.24) is 5.32 Å². The molecule has 6 nitrogen and oxygen atoms in total. The minimum absolute atomic E-state index is 0.143. The van der Waals surface area contributed by atoms with E-state index in [2.05, 4.69) is 21.2 Å². The molecule has 0 aliphatic carbocycles. The third-order valence-corrected chi connectivity index (χ3v) is 3.40. The van der Waals surface area contributed by atoms with Gasteiger partial charge < -0.3 is 15.5 Å². The first-order valence-corrected chi connectivity index (χ1v) is 6.19. The monoisotopic (exact) mass is 349 g/mol. The zero-order valence-corrected chi connectivity index (χ0v) is 11.7. The number of carboxylic acids is 2. The van der Waals surface area contributed by atoms with E-state index < -0.39 is 30.3 Å². The van der Waals surface area contributed by atoms with Gasteiger partial charge in [0.1, 0.15) is 6.04 Å². The number of aliphatic carboxylic acids is 2. The van der Waals surface area contributed by atoms with Gasteiger partial charge >= 0.3 is 11.9 Å². The molecular weight excluding hydrogens is 341 g/mol. The maximum absolute atomic E-state index is 11.8. The van der Waals surface area contributed by atoms with Gasteiger partial charge in [-0.3, -0.25) is 9.59 Å². The van der Waals surface area contributed by atoms with Gasteiger partial charge in [-0.05, 0) is 34.1 Å². The summed E-state index contributed by atoms with van der Waals surface area (Å²) < 4.78 is 0.589. The number of halogens is 2. The molecule has 0 unspecified atom stereocenters. The summed E-state index contributed by atoms with van der Waals surface area (Å²) in [6.07, 6.45) is -0.703. The number of benzene rings is 1. The summed E-state index contributed by atoms with van der Waals surface area (Å²) in [5.41, 5.74) is 0.143. The molecule has 19 heavy (non-hydrogen) atoms. The SMILES string of the molecule is O=C(O)C[C@H](NC(=O)c1ccc(Br)c(Cl)c1)C(=O)O. The zero-order chi connectivity index (χ0) is 14.6. The number of carboxylic acid groups (broad SMARTS) is 2. The predicted molar refractivity (Wildman–Crippen MR) is 70.3 cm³/mol. The zero-order valence-electron chi connectivity index (χ0n) is 9.39. The van der Waals surface area contributed by atoms with Crippen LogP contribution >= 0.6 is 27.5 Å². The van der Waals surface area contributed by atoms with E-state index >= 15 is 0 Å². The number of amides is 1. The third kappa shape index (κ3) is 4.53. The fourth-order valence-electron chi connectivity index (χ4n) is 1.25. The van der Waals surface area contributed by atoms with Crippen LogP contribution in [-0.2, 0) is 9.59 Å². The molecule has 102 valence electrons. The van der Waals surface area contributed by atoms with Gasteiger partial charge in [-0.2, -0.15) is 0 Å². The maximum atomic E-state index is 11.8. The highest BCUT2D eigenvalue weighted by molar-refractivity contribution is 9.10. The van der Waals surface area contributed by atoms with Gasteiger partial charge in [-0.15, -0.1) is 0 Å². The van der Waals surface area contributed by atoms with E-state index in [1.807, 2.05) is 0 Å². The maximum Gasteiger partial charge on any atom is 0.326 e. The Morgan fingerprint density at radius 3 is 2.42 bits per heavy atom. The Morgan fingerprint density at radius 1 is 1.32 bits per heavy atom. The normalized spacial score (nSPS) is 11.7. The van der Waals surface area contributed by atoms with Crippen LogP contribution in [0.5, 0.6) is 0 Å². The Balaban J connectivity index is 2.84. The van der Waals surface area contributed by atoms with Gasteiger partial charge in [0.15, 0.2) is 0 Å². The van der Waals surface area contributed by atoms with Crippen LogP contribution in [0.4, 0.5) is 0 Å². The molecule has 0 fully saturated rings. The molecule has 0 bridgehead atoms. The van der Waals surface area contributed by atoms with Crippen molar-refractivity contribution in [2.45, 2.75) is 12.5 Å². The van der Waals surface area contributed by atoms with Crippen molar-refractivity contribution in [1.29, 1.82) is 0 Å². The quantitative estimate of drug-likeness (QED) is 0.751. The molecular formula is C11H9BrClNO5. The van der Waals surface area contributed by atoms with Gasteiger partial charge in [0, 0.05) is 10.0 Å². The first-order chi connectivity index (χ1) is 8.81. The number of rotatable bonds is 5. The lowest BCUT2D eigenvalue weighted by atomic mass is 10.1. The molecule has 0 spiro atoms. The Morgan fingerprint density at radius 2 is 1.95 bits per heavy atom. The van der Waals surface area contributed by atoms with Crippen molar-refractivity contribution >= 4 is 45.4 Å². The highest BCUT2D eigenvalue weighted by Gasteiger charge is 2.23. The van der Waals surface area contributed by atoms with Crippen LogP contribution in [0.15, 0.2) is 22.7 Å². The Kier molecular flexibility index (Phi) is 5.31. The van der Waals surface area contributed by atoms with Crippen LogP contribution in [0.2, 0.25) is 5.02 Å². The van der Waals surface area contributed by atoms with Crippen molar-refractivity contribution in [3.05, 3.63) is 33.3 Å². The molecule has 0 aromatic heterocycles. The summed E-state index contributed by atoms with van der Waals surface area (Å²) in [6.45, 7) is 0. The molecule has 1 atom stereocenters. The molecule has 0 radical (unpaired) electrons. The summed E-state index contributed by atoms with van der Waals surface area (Å²) in [7, 11) is 0. The fourth-order valence-corrected chi connectivity index (χ4v) is 1.68. The van der Waals surface area contributed by atoms with E-state index in [0.29, 0.717) is 4.47 Å². The van der Waals surface area contributed by atoms with Crippen molar-refractivity contribution in [3.63, 3.8) is 0 Å². The molecule has 0 heterocycles. The van der Waals surface area contributed by atoms with E-state index in [4.69, 9.17) is 21.8 Å². The largest absolute Gasteiger partial charge is 0.481 e. The number of hydrogen-bond donors (Lipinski definition) is 3. The lowest BCUT2D eigenvalue weighted by Gasteiger charge is -2.12. The van der Waals surface area contributed by atoms with Crippen molar-refractivity contribution in [2.24, 2.45) is 0 Å². The van der Waals surface area contributed by atoms with Gasteiger partial charge in [0.2, 0.25) is 0 Å². The number of nitrogens with one attached hydrogen (secondary N) is 1. The summed E-state index contributed by atoms with van der Waals surface area (Å²) in [4.78, 5) is 33.1. The molecule has 0 aliphatic heterocycles. The van der Waals surface area contributed by atoms with Crippen LogP contribution in [0, 0.1) is 0 Å². The van der Waals surface area contributed by atoms with E-state index in [0.717, 1.165) is 0 Å². The first kappa shape index (κ1) is 15.5. The van der Waals surface area contributed by atoms with Crippen molar-refractivity contribution < 1.29 is 24.6 Å². The Bertz CT molecular complexity index is 534. The highest BCUT2D eigenvalue weighted by atomic mass is 79.9. The van der Waals surface area contributed by atoms with Gasteiger partial charge in [-0.1, -0.05) is 11.6 Å². The minimum atomic E-state index is -1.49. The summed E-state index contributed by atoms with van der Waals surface area (Å²) in [5, 5.41) is 19.8. The lowest BCUT2D eigenvalue weighted by Crippen LogP contribution is -2.42. The second-order valence-corrected chi connectivity index (χ2v) is 4.85. The van der Waals surface area contributed by atoms with Crippen molar-refractivity contribution in [2.75, 3.05) is 0 Å². The third-order valence-electron chi connectivity index (χ3n) is 2.16. The van der Waals surface area contributed by atoms with E-state index in [-0.39, 0.29) is 10.6 Å². The summed E-state index contributed by atoms with van der Waals surface area (Å²) in [6, 6.07) is 2.82. The number of carbonyl (C=O) groups excluding carboxylic acids is 1. The second kappa shape index (κ2) is 6.53. The topological polar surface area (TPSA) is 104 Å². The Hall–Kier alpha value is -1.60. The Labute approximate surface area is 121 Å². The fraction of sp³-hybridized carbons (Fsp3) is 0.182. The molecule has 1 aromatic rings. The van der Waals surface area contributed by atoms with E-state index in [1.165, 1.54) is 18.2 Å². The standard InChI is InChI=1S/C11H9BrClNO5/c12-6-2-1-5(3-7(6)13)10(17)14-8(11(18)19)4-9(15)16/h1-3,8H,4H2,(H,14,17)(H,15,16)(H,18,19)/t8-/m0/s1. The molecule has 0 saturated carbocycles. The molecule has 1 aromatic carbocycles. The average molecular weight is 351 g/mol. The van der Waals surface area contributed by atoms with Gasteiger partial charge in [0.25, 0.3) is 5.91 Å². The molecule has 8 heteroatoms. The summed E-state index contributed by atoms with van der Waals surface area (Å²) >= 11 is 8.95. The van der Waals surface area contributed by atoms with Crippen LogP contribution < -0.4 is 5.32 Å². The molecule has 0 saturated heterocycles. The first-order valence-electron chi connectivity index (χ1n) is 5.01. The van der Waals surface area contributed by atoms with Crippen molar-refractivity contribution in [3.8, 4) is 0 Å². The average Bonchev–Trinajstić information content (AvgIpc) is 2.31. The number of carbonyl (C=O) groups is 3. The van der Waals surface area contributed by atoms with E-state index in [1.54, 1.807) is 0 Å². The molecule has 1 amide bonds. The highest BCUT2D eigenvalue weighted by Crippen LogP contribution is 2.23. The second-order valence-electron chi connectivity index (χ2n) is 3.59.